The zero-order valence-electron chi connectivity index (χ0n) is 13.5. The zero-order chi connectivity index (χ0) is 17.7. The van der Waals surface area contributed by atoms with Crippen molar-refractivity contribution >= 4 is 23.5 Å². The van der Waals surface area contributed by atoms with E-state index in [0.29, 0.717) is 18.5 Å². The van der Waals surface area contributed by atoms with Crippen molar-refractivity contribution in [1.29, 1.82) is 0 Å². The number of anilines is 1. The molecular weight excluding hydrogens is 315 g/mol. The Bertz CT molecular complexity index is 647. The minimum atomic E-state index is -0.949. The average molecular weight is 336 g/mol. The van der Waals surface area contributed by atoms with Crippen LogP contribution in [0.4, 0.5) is 10.1 Å². The Morgan fingerprint density at radius 1 is 1.17 bits per heavy atom. The maximum absolute atomic E-state index is 14.0. The monoisotopic (exact) mass is 336 g/mol. The molecule has 6 nitrogen and oxygen atoms in total. The molecule has 0 heterocycles. The maximum Gasteiger partial charge on any atom is 0.308 e. The first-order valence-corrected chi connectivity index (χ1v) is 7.99. The van der Waals surface area contributed by atoms with Crippen molar-refractivity contribution in [3.8, 4) is 0 Å². The molecule has 0 radical (unpaired) electrons. The van der Waals surface area contributed by atoms with Crippen molar-refractivity contribution in [3.05, 3.63) is 29.6 Å². The first-order chi connectivity index (χ1) is 11.4. The number of carboxylic acids is 1. The van der Waals surface area contributed by atoms with Gasteiger partial charge in [-0.3, -0.25) is 14.4 Å². The highest BCUT2D eigenvalue weighted by atomic mass is 19.1. The number of halogens is 1. The van der Waals surface area contributed by atoms with Gasteiger partial charge < -0.3 is 15.7 Å². The average Bonchev–Trinajstić information content (AvgIpc) is 2.74. The minimum Gasteiger partial charge on any atom is -0.481 e. The van der Waals surface area contributed by atoms with Crippen molar-refractivity contribution in [1.82, 2.24) is 5.32 Å². The largest absolute Gasteiger partial charge is 0.481 e. The van der Waals surface area contributed by atoms with Gasteiger partial charge in [-0.05, 0) is 31.0 Å². The molecule has 130 valence electrons. The Morgan fingerprint density at radius 3 is 2.54 bits per heavy atom. The molecule has 0 aromatic heterocycles. The van der Waals surface area contributed by atoms with Crippen molar-refractivity contribution in [2.75, 3.05) is 5.32 Å². The Kier molecular flexibility index (Phi) is 5.89. The summed E-state index contributed by atoms with van der Waals surface area (Å²) in [6.07, 6.45) is 3.59. The van der Waals surface area contributed by atoms with Crippen LogP contribution in [0.1, 0.15) is 49.4 Å². The van der Waals surface area contributed by atoms with Crippen LogP contribution in [0, 0.1) is 11.7 Å². The number of amides is 2. The first-order valence-electron chi connectivity index (χ1n) is 7.99. The summed E-state index contributed by atoms with van der Waals surface area (Å²) >= 11 is 0. The standard InChI is InChI=1S/C17H21FN2O4/c1-10(21)19-11-7-8-14(18)13(9-11)16(22)20-15-6-4-2-3-5-12(15)17(23)24/h7-9,12,15H,2-6H2,1H3,(H,19,21)(H,20,22)(H,23,24)/t12-,15+/m1/s1. The molecule has 0 spiro atoms. The lowest BCUT2D eigenvalue weighted by Crippen LogP contribution is -2.43. The summed E-state index contributed by atoms with van der Waals surface area (Å²) in [7, 11) is 0. The van der Waals surface area contributed by atoms with Gasteiger partial charge in [-0.2, -0.15) is 0 Å². The third kappa shape index (κ3) is 4.53. The fourth-order valence-corrected chi connectivity index (χ4v) is 3.00. The fraction of sp³-hybridized carbons (Fsp3) is 0.471. The molecule has 7 heteroatoms. The van der Waals surface area contributed by atoms with E-state index in [0.717, 1.165) is 25.3 Å². The number of nitrogens with one attached hydrogen (secondary N) is 2. The lowest BCUT2D eigenvalue weighted by atomic mass is 9.94. The van der Waals surface area contributed by atoms with Gasteiger partial charge in [-0.25, -0.2) is 4.39 Å². The van der Waals surface area contributed by atoms with E-state index in [9.17, 15) is 23.9 Å². The summed E-state index contributed by atoms with van der Waals surface area (Å²) in [5, 5.41) is 14.5. The van der Waals surface area contributed by atoms with Crippen molar-refractivity contribution in [3.63, 3.8) is 0 Å². The third-order valence-electron chi connectivity index (χ3n) is 4.18. The third-order valence-corrected chi connectivity index (χ3v) is 4.18. The molecule has 0 saturated heterocycles. The van der Waals surface area contributed by atoms with E-state index in [1.54, 1.807) is 0 Å². The number of carbonyl (C=O) groups excluding carboxylic acids is 2. The summed E-state index contributed by atoms with van der Waals surface area (Å²) in [5.41, 5.74) is 0.0966. The Balaban J connectivity index is 2.18. The molecule has 3 N–H and O–H groups in total. The number of carboxylic acid groups (broad SMARTS) is 1. The van der Waals surface area contributed by atoms with E-state index in [1.165, 1.54) is 19.1 Å². The summed E-state index contributed by atoms with van der Waals surface area (Å²) < 4.78 is 14.0. The second kappa shape index (κ2) is 7.90. The SMILES string of the molecule is CC(=O)Nc1ccc(F)c(C(=O)N[C@H]2CCCCC[C@H]2C(=O)O)c1. The molecule has 0 aliphatic heterocycles. The van der Waals surface area contributed by atoms with Crippen LogP contribution in [0.5, 0.6) is 0 Å². The molecule has 1 aromatic rings. The molecule has 1 aliphatic rings. The molecule has 24 heavy (non-hydrogen) atoms. The van der Waals surface area contributed by atoms with Crippen LogP contribution >= 0.6 is 0 Å². The van der Waals surface area contributed by atoms with Crippen LogP contribution in [-0.2, 0) is 9.59 Å². The topological polar surface area (TPSA) is 95.5 Å². The number of aliphatic carboxylic acids is 1. The van der Waals surface area contributed by atoms with Gasteiger partial charge in [0.15, 0.2) is 0 Å². The number of rotatable bonds is 4. The van der Waals surface area contributed by atoms with Crippen LogP contribution < -0.4 is 10.6 Å². The predicted molar refractivity (Wildman–Crippen MR) is 86.2 cm³/mol. The first kappa shape index (κ1) is 17.9. The van der Waals surface area contributed by atoms with Crippen molar-refractivity contribution in [2.45, 2.75) is 45.1 Å². The molecule has 2 amide bonds. The normalized spacial score (nSPS) is 20.8. The van der Waals surface area contributed by atoms with Gasteiger partial charge >= 0.3 is 5.97 Å². The Hall–Kier alpha value is -2.44. The quantitative estimate of drug-likeness (QED) is 0.736. The molecule has 2 rings (SSSR count). The molecule has 0 bridgehead atoms. The summed E-state index contributed by atoms with van der Waals surface area (Å²) in [5.74, 6) is -3.34. The molecule has 1 fully saturated rings. The zero-order valence-corrected chi connectivity index (χ0v) is 13.5. The number of hydrogen-bond donors (Lipinski definition) is 3. The van der Waals surface area contributed by atoms with Crippen molar-refractivity contribution < 1.29 is 23.9 Å². The van der Waals surface area contributed by atoms with Gasteiger partial charge in [0.25, 0.3) is 5.91 Å². The molecule has 2 atom stereocenters. The van der Waals surface area contributed by atoms with Crippen LogP contribution in [-0.4, -0.2) is 28.9 Å². The van der Waals surface area contributed by atoms with E-state index >= 15 is 0 Å². The molecule has 1 aromatic carbocycles. The van der Waals surface area contributed by atoms with E-state index in [-0.39, 0.29) is 11.5 Å². The summed E-state index contributed by atoms with van der Waals surface area (Å²) in [6.45, 7) is 1.31. The lowest BCUT2D eigenvalue weighted by Gasteiger charge is -2.23. The Labute approximate surface area is 139 Å². The number of hydrogen-bond acceptors (Lipinski definition) is 3. The Morgan fingerprint density at radius 2 is 1.88 bits per heavy atom. The fourth-order valence-electron chi connectivity index (χ4n) is 3.00. The second-order valence-corrected chi connectivity index (χ2v) is 6.04. The van der Waals surface area contributed by atoms with Gasteiger partial charge in [-0.1, -0.05) is 19.3 Å². The minimum absolute atomic E-state index is 0.213. The van der Waals surface area contributed by atoms with Crippen LogP contribution in [0.15, 0.2) is 18.2 Å². The van der Waals surface area contributed by atoms with E-state index < -0.39 is 29.7 Å². The lowest BCUT2D eigenvalue weighted by molar-refractivity contribution is -0.142. The highest BCUT2D eigenvalue weighted by Gasteiger charge is 2.31. The maximum atomic E-state index is 14.0. The van der Waals surface area contributed by atoms with Gasteiger partial charge in [-0.15, -0.1) is 0 Å². The number of benzene rings is 1. The van der Waals surface area contributed by atoms with E-state index in [2.05, 4.69) is 10.6 Å². The number of carbonyl (C=O) groups is 3. The van der Waals surface area contributed by atoms with Crippen LogP contribution in [0.25, 0.3) is 0 Å². The highest BCUT2D eigenvalue weighted by molar-refractivity contribution is 5.97. The highest BCUT2D eigenvalue weighted by Crippen LogP contribution is 2.24. The van der Waals surface area contributed by atoms with E-state index in [1.807, 2.05) is 0 Å². The molecule has 0 unspecified atom stereocenters. The summed E-state index contributed by atoms with van der Waals surface area (Å²) in [4.78, 5) is 34.9. The van der Waals surface area contributed by atoms with Crippen LogP contribution in [0.2, 0.25) is 0 Å². The van der Waals surface area contributed by atoms with Gasteiger partial charge in [0.2, 0.25) is 5.91 Å². The van der Waals surface area contributed by atoms with Gasteiger partial charge in [0, 0.05) is 18.7 Å². The van der Waals surface area contributed by atoms with Gasteiger partial charge in [0.05, 0.1) is 11.5 Å². The predicted octanol–water partition coefficient (Wildman–Crippen LogP) is 2.55. The second-order valence-electron chi connectivity index (χ2n) is 6.04. The molecule has 1 aliphatic carbocycles. The van der Waals surface area contributed by atoms with Gasteiger partial charge in [0.1, 0.15) is 5.82 Å². The van der Waals surface area contributed by atoms with Crippen molar-refractivity contribution in [2.24, 2.45) is 5.92 Å². The summed E-state index contributed by atoms with van der Waals surface area (Å²) in [6, 6.07) is 3.18. The van der Waals surface area contributed by atoms with Crippen LogP contribution in [0.3, 0.4) is 0 Å². The van der Waals surface area contributed by atoms with E-state index in [4.69, 9.17) is 0 Å². The smallest absolute Gasteiger partial charge is 0.308 e. The molecular formula is C17H21FN2O4. The molecule has 1 saturated carbocycles.